The molecule has 102 valence electrons. The van der Waals surface area contributed by atoms with Crippen LogP contribution in [0.4, 0.5) is 5.82 Å². The minimum absolute atomic E-state index is 0.413. The SMILES string of the molecule is CCc1cc(OCc2c(C)nn(C)c2N)ccc1Cl. The van der Waals surface area contributed by atoms with Crippen LogP contribution in [0, 0.1) is 6.92 Å². The number of nitrogens with zero attached hydrogens (tertiary/aromatic N) is 2. The van der Waals surface area contributed by atoms with Gasteiger partial charge in [0.05, 0.1) is 11.3 Å². The molecule has 0 aliphatic rings. The maximum atomic E-state index is 6.08. The molecular formula is C14H18ClN3O. The molecule has 2 aromatic rings. The molecule has 0 atom stereocenters. The van der Waals surface area contributed by atoms with Gasteiger partial charge < -0.3 is 10.5 Å². The second-order valence-corrected chi connectivity index (χ2v) is 4.88. The molecule has 0 saturated heterocycles. The molecule has 0 saturated carbocycles. The molecule has 0 fully saturated rings. The van der Waals surface area contributed by atoms with Crippen molar-refractivity contribution >= 4 is 17.4 Å². The van der Waals surface area contributed by atoms with Gasteiger partial charge in [-0.1, -0.05) is 18.5 Å². The Morgan fingerprint density at radius 1 is 1.42 bits per heavy atom. The first kappa shape index (κ1) is 13.7. The fourth-order valence-corrected chi connectivity index (χ4v) is 2.22. The Balaban J connectivity index is 2.14. The number of anilines is 1. The summed E-state index contributed by atoms with van der Waals surface area (Å²) in [5.41, 5.74) is 8.85. The predicted molar refractivity (Wildman–Crippen MR) is 77.5 cm³/mol. The third-order valence-corrected chi connectivity index (χ3v) is 3.54. The zero-order valence-corrected chi connectivity index (χ0v) is 12.2. The van der Waals surface area contributed by atoms with Crippen LogP contribution in [0.15, 0.2) is 18.2 Å². The average molecular weight is 280 g/mol. The zero-order chi connectivity index (χ0) is 14.0. The number of benzene rings is 1. The van der Waals surface area contributed by atoms with Crippen molar-refractivity contribution in [3.63, 3.8) is 0 Å². The lowest BCUT2D eigenvalue weighted by molar-refractivity contribution is 0.306. The first-order chi connectivity index (χ1) is 9.02. The van der Waals surface area contributed by atoms with Crippen LogP contribution in [-0.2, 0) is 20.1 Å². The first-order valence-electron chi connectivity index (χ1n) is 6.22. The van der Waals surface area contributed by atoms with Crippen molar-refractivity contribution in [2.45, 2.75) is 26.9 Å². The summed E-state index contributed by atoms with van der Waals surface area (Å²) in [5, 5.41) is 5.03. The smallest absolute Gasteiger partial charge is 0.128 e. The molecule has 0 bridgehead atoms. The Morgan fingerprint density at radius 3 is 2.74 bits per heavy atom. The highest BCUT2D eigenvalue weighted by molar-refractivity contribution is 6.31. The molecular weight excluding hydrogens is 262 g/mol. The van der Waals surface area contributed by atoms with Gasteiger partial charge in [-0.15, -0.1) is 0 Å². The summed E-state index contributed by atoms with van der Waals surface area (Å²) in [6, 6.07) is 5.68. The Hall–Kier alpha value is -1.68. The summed E-state index contributed by atoms with van der Waals surface area (Å²) in [4.78, 5) is 0. The number of ether oxygens (including phenoxy) is 1. The highest BCUT2D eigenvalue weighted by atomic mass is 35.5. The van der Waals surface area contributed by atoms with E-state index in [0.29, 0.717) is 12.4 Å². The van der Waals surface area contributed by atoms with Gasteiger partial charge in [0.25, 0.3) is 0 Å². The standard InChI is InChI=1S/C14H18ClN3O/c1-4-10-7-11(5-6-13(10)15)19-8-12-9(2)17-18(3)14(12)16/h5-7H,4,8,16H2,1-3H3. The quantitative estimate of drug-likeness (QED) is 0.936. The van der Waals surface area contributed by atoms with Crippen LogP contribution in [0.25, 0.3) is 0 Å². The van der Waals surface area contributed by atoms with Gasteiger partial charge in [0.2, 0.25) is 0 Å². The summed E-state index contributed by atoms with van der Waals surface area (Å²) in [5.74, 6) is 1.44. The molecule has 0 spiro atoms. The zero-order valence-electron chi connectivity index (χ0n) is 11.4. The second-order valence-electron chi connectivity index (χ2n) is 4.47. The Kier molecular flexibility index (Phi) is 4.00. The van der Waals surface area contributed by atoms with Gasteiger partial charge in [-0.05, 0) is 37.1 Å². The topological polar surface area (TPSA) is 53.1 Å². The van der Waals surface area contributed by atoms with E-state index in [1.54, 1.807) is 4.68 Å². The van der Waals surface area contributed by atoms with Crippen molar-refractivity contribution in [3.05, 3.63) is 40.0 Å². The number of halogens is 1. The van der Waals surface area contributed by atoms with E-state index in [1.165, 1.54) is 0 Å². The van der Waals surface area contributed by atoms with E-state index in [9.17, 15) is 0 Å². The molecule has 4 nitrogen and oxygen atoms in total. The van der Waals surface area contributed by atoms with Crippen LogP contribution in [0.2, 0.25) is 5.02 Å². The van der Waals surface area contributed by atoms with Crippen LogP contribution in [0.5, 0.6) is 5.75 Å². The van der Waals surface area contributed by atoms with Crippen LogP contribution in [0.1, 0.15) is 23.7 Å². The first-order valence-corrected chi connectivity index (χ1v) is 6.60. The third-order valence-electron chi connectivity index (χ3n) is 3.18. The molecule has 0 aliphatic carbocycles. The maximum Gasteiger partial charge on any atom is 0.128 e. The monoisotopic (exact) mass is 279 g/mol. The summed E-state index contributed by atoms with van der Waals surface area (Å²) >= 11 is 6.08. The number of nitrogen functional groups attached to an aromatic ring is 1. The van der Waals surface area contributed by atoms with E-state index in [4.69, 9.17) is 22.1 Å². The second kappa shape index (κ2) is 5.53. The van der Waals surface area contributed by atoms with Gasteiger partial charge in [-0.25, -0.2) is 0 Å². The number of nitrogens with two attached hydrogens (primary N) is 1. The molecule has 1 aromatic heterocycles. The lowest BCUT2D eigenvalue weighted by Crippen LogP contribution is -2.02. The number of aromatic nitrogens is 2. The summed E-state index contributed by atoms with van der Waals surface area (Å²) in [6.07, 6.45) is 0.879. The lowest BCUT2D eigenvalue weighted by Gasteiger charge is -2.09. The molecule has 19 heavy (non-hydrogen) atoms. The van der Waals surface area contributed by atoms with E-state index in [1.807, 2.05) is 32.2 Å². The van der Waals surface area contributed by atoms with Crippen LogP contribution in [-0.4, -0.2) is 9.78 Å². The van der Waals surface area contributed by atoms with Crippen LogP contribution < -0.4 is 10.5 Å². The summed E-state index contributed by atoms with van der Waals surface area (Å²) in [7, 11) is 1.82. The lowest BCUT2D eigenvalue weighted by atomic mass is 10.1. The number of aryl methyl sites for hydroxylation is 3. The molecule has 1 heterocycles. The van der Waals surface area contributed by atoms with Crippen molar-refractivity contribution in [2.75, 3.05) is 5.73 Å². The van der Waals surface area contributed by atoms with Gasteiger partial charge in [0, 0.05) is 12.1 Å². The Labute approximate surface area is 118 Å². The number of hydrogen-bond acceptors (Lipinski definition) is 3. The van der Waals surface area contributed by atoms with E-state index >= 15 is 0 Å². The van der Waals surface area contributed by atoms with Gasteiger partial charge in [-0.3, -0.25) is 4.68 Å². The fourth-order valence-electron chi connectivity index (χ4n) is 1.97. The average Bonchev–Trinajstić information content (AvgIpc) is 2.63. The molecule has 0 amide bonds. The van der Waals surface area contributed by atoms with Crippen LogP contribution in [0.3, 0.4) is 0 Å². The van der Waals surface area contributed by atoms with Gasteiger partial charge in [0.15, 0.2) is 0 Å². The summed E-state index contributed by atoms with van der Waals surface area (Å²) < 4.78 is 7.43. The van der Waals surface area contributed by atoms with Crippen molar-refractivity contribution in [2.24, 2.45) is 7.05 Å². The predicted octanol–water partition coefficient (Wildman–Crippen LogP) is 3.11. The molecule has 0 aliphatic heterocycles. The summed E-state index contributed by atoms with van der Waals surface area (Å²) in [6.45, 7) is 4.40. The largest absolute Gasteiger partial charge is 0.489 e. The molecule has 2 rings (SSSR count). The van der Waals surface area contributed by atoms with E-state index in [-0.39, 0.29) is 0 Å². The molecule has 1 aromatic carbocycles. The molecule has 2 N–H and O–H groups in total. The van der Waals surface area contributed by atoms with Crippen molar-refractivity contribution in [1.29, 1.82) is 0 Å². The highest BCUT2D eigenvalue weighted by Crippen LogP contribution is 2.24. The molecule has 0 radical (unpaired) electrons. The Bertz CT molecular complexity index is 593. The number of hydrogen-bond donors (Lipinski definition) is 1. The molecule has 0 unspecified atom stereocenters. The Morgan fingerprint density at radius 2 is 2.16 bits per heavy atom. The third kappa shape index (κ3) is 2.84. The maximum absolute atomic E-state index is 6.08. The highest BCUT2D eigenvalue weighted by Gasteiger charge is 2.11. The van der Waals surface area contributed by atoms with Crippen molar-refractivity contribution in [1.82, 2.24) is 9.78 Å². The fraction of sp³-hybridized carbons (Fsp3) is 0.357. The number of rotatable bonds is 4. The van der Waals surface area contributed by atoms with Gasteiger partial charge in [0.1, 0.15) is 18.2 Å². The van der Waals surface area contributed by atoms with E-state index < -0.39 is 0 Å². The minimum atomic E-state index is 0.413. The van der Waals surface area contributed by atoms with Crippen LogP contribution >= 0.6 is 11.6 Å². The van der Waals surface area contributed by atoms with E-state index in [0.717, 1.165) is 34.0 Å². The normalized spacial score (nSPS) is 10.7. The minimum Gasteiger partial charge on any atom is -0.489 e. The van der Waals surface area contributed by atoms with E-state index in [2.05, 4.69) is 12.0 Å². The van der Waals surface area contributed by atoms with Crippen molar-refractivity contribution < 1.29 is 4.74 Å². The van der Waals surface area contributed by atoms with Crippen molar-refractivity contribution in [3.8, 4) is 5.75 Å². The van der Waals surface area contributed by atoms with Gasteiger partial charge >= 0.3 is 0 Å². The molecule has 5 heteroatoms. The van der Waals surface area contributed by atoms with Gasteiger partial charge in [-0.2, -0.15) is 5.10 Å².